The van der Waals surface area contributed by atoms with Crippen LogP contribution in [0.2, 0.25) is 0 Å². The molecule has 6 heteroatoms. The number of allylic oxidation sites excluding steroid dienone is 3. The highest BCUT2D eigenvalue weighted by Gasteiger charge is 2.35. The van der Waals surface area contributed by atoms with Gasteiger partial charge in [0.15, 0.2) is 0 Å². The van der Waals surface area contributed by atoms with E-state index in [0.29, 0.717) is 22.3 Å². The van der Waals surface area contributed by atoms with Crippen molar-refractivity contribution in [1.29, 1.82) is 0 Å². The molecule has 4 unspecified atom stereocenters. The van der Waals surface area contributed by atoms with Gasteiger partial charge in [-0.25, -0.2) is 0 Å². The molecule has 2 aliphatic heterocycles. The molecule has 0 saturated heterocycles. The molecule has 0 spiro atoms. The summed E-state index contributed by atoms with van der Waals surface area (Å²) in [6.45, 7) is 11.4. The van der Waals surface area contributed by atoms with Gasteiger partial charge in [-0.1, -0.05) is 26.0 Å². The molecule has 0 nitrogen and oxygen atoms in total. The topological polar surface area (TPSA) is 0 Å². The summed E-state index contributed by atoms with van der Waals surface area (Å²) in [5, 5.41) is 1.01. The van der Waals surface area contributed by atoms with E-state index in [1.54, 1.807) is 4.91 Å². The lowest BCUT2D eigenvalue weighted by Crippen LogP contribution is -2.08. The van der Waals surface area contributed by atoms with Crippen molar-refractivity contribution >= 4 is 68.9 Å². The molecule has 0 bridgehead atoms. The summed E-state index contributed by atoms with van der Waals surface area (Å²) in [4.78, 5) is 13.9. The summed E-state index contributed by atoms with van der Waals surface area (Å²) in [5.74, 6) is 1.11. The summed E-state index contributed by atoms with van der Waals surface area (Å²) < 4.78 is 0. The fourth-order valence-electron chi connectivity index (χ4n) is 5.78. The standard InChI is InChI=1S/C35H32S6/c1-19-14-23(5)38-35(19)33-15-20(2)34(41-33)26-17-24(27-10-12-31(39-27)29-8-6-21(3)36-29)16-25(18-26)28-11-13-32(40-28)30-9-7-22(4)37-30/h6-20,34-35H,1-5H3. The smallest absolute Gasteiger partial charge is 0.0458 e. The minimum Gasteiger partial charge on any atom is -0.140 e. The van der Waals surface area contributed by atoms with Crippen LogP contribution in [0.1, 0.15) is 41.3 Å². The number of aryl methyl sites for hydroxylation is 2. The van der Waals surface area contributed by atoms with Gasteiger partial charge in [0, 0.05) is 49.5 Å². The predicted molar refractivity (Wildman–Crippen MR) is 191 cm³/mol. The summed E-state index contributed by atoms with van der Waals surface area (Å²) in [6, 6.07) is 25.6. The summed E-state index contributed by atoms with van der Waals surface area (Å²) in [5.41, 5.74) is 4.13. The van der Waals surface area contributed by atoms with Gasteiger partial charge in [0.1, 0.15) is 0 Å². The van der Waals surface area contributed by atoms with Crippen LogP contribution in [-0.2, 0) is 0 Å². The molecule has 0 N–H and O–H groups in total. The van der Waals surface area contributed by atoms with Gasteiger partial charge in [-0.15, -0.1) is 68.9 Å². The van der Waals surface area contributed by atoms with Crippen LogP contribution < -0.4 is 0 Å². The zero-order valence-corrected chi connectivity index (χ0v) is 28.7. The summed E-state index contributed by atoms with van der Waals surface area (Å²) in [7, 11) is 0. The quantitative estimate of drug-likeness (QED) is 0.180. The van der Waals surface area contributed by atoms with E-state index < -0.39 is 0 Å². The van der Waals surface area contributed by atoms with Crippen molar-refractivity contribution in [3.8, 4) is 40.4 Å². The molecule has 0 fully saturated rings. The molecule has 6 heterocycles. The molecule has 0 aliphatic carbocycles. The molecule has 5 aromatic rings. The zero-order valence-electron chi connectivity index (χ0n) is 23.8. The Balaban J connectivity index is 1.26. The van der Waals surface area contributed by atoms with Crippen LogP contribution in [-0.4, -0.2) is 5.25 Å². The van der Waals surface area contributed by atoms with E-state index in [2.05, 4.69) is 137 Å². The van der Waals surface area contributed by atoms with Gasteiger partial charge in [0.2, 0.25) is 0 Å². The summed E-state index contributed by atoms with van der Waals surface area (Å²) >= 11 is 11.8. The van der Waals surface area contributed by atoms with Crippen LogP contribution in [0.4, 0.5) is 0 Å². The number of thioether (sulfide) groups is 2. The average molecular weight is 645 g/mol. The molecule has 41 heavy (non-hydrogen) atoms. The first-order valence-electron chi connectivity index (χ1n) is 14.0. The van der Waals surface area contributed by atoms with Crippen LogP contribution in [0.5, 0.6) is 0 Å². The second kappa shape index (κ2) is 11.4. The Morgan fingerprint density at radius 1 is 0.488 bits per heavy atom. The van der Waals surface area contributed by atoms with Crippen LogP contribution in [0.25, 0.3) is 40.4 Å². The van der Waals surface area contributed by atoms with Gasteiger partial charge in [0.25, 0.3) is 0 Å². The minimum atomic E-state index is 0.441. The molecular formula is C35H32S6. The molecule has 1 aromatic carbocycles. The largest absolute Gasteiger partial charge is 0.140 e. The van der Waals surface area contributed by atoms with Crippen molar-refractivity contribution < 1.29 is 0 Å². The van der Waals surface area contributed by atoms with Gasteiger partial charge in [-0.05, 0) is 126 Å². The number of benzene rings is 1. The van der Waals surface area contributed by atoms with Crippen LogP contribution in [0.15, 0.2) is 88.7 Å². The van der Waals surface area contributed by atoms with Crippen molar-refractivity contribution in [3.63, 3.8) is 0 Å². The van der Waals surface area contributed by atoms with Gasteiger partial charge >= 0.3 is 0 Å². The summed E-state index contributed by atoms with van der Waals surface area (Å²) in [6.07, 6.45) is 5.01. The van der Waals surface area contributed by atoms with Crippen molar-refractivity contribution in [2.75, 3.05) is 0 Å². The lowest BCUT2D eigenvalue weighted by Gasteiger charge is -2.20. The van der Waals surface area contributed by atoms with Crippen molar-refractivity contribution in [2.24, 2.45) is 11.8 Å². The Bertz CT molecular complexity index is 1690. The maximum absolute atomic E-state index is 2.56. The van der Waals surface area contributed by atoms with Crippen LogP contribution in [0.3, 0.4) is 0 Å². The predicted octanol–water partition coefficient (Wildman–Crippen LogP) is 13.2. The highest BCUT2D eigenvalue weighted by Crippen LogP contribution is 2.55. The van der Waals surface area contributed by atoms with Gasteiger partial charge in [0.05, 0.1) is 0 Å². The second-order valence-electron chi connectivity index (χ2n) is 11.1. The fourth-order valence-corrected chi connectivity index (χ4v) is 12.7. The SMILES string of the molecule is CC1=CC(C)C(C2=CC(C)C(c3cc(-c4ccc(-c5ccc(C)s5)s4)cc(-c4ccc(-c5ccc(C)s5)s4)c3)S2)S1. The third-order valence-electron chi connectivity index (χ3n) is 7.77. The lowest BCUT2D eigenvalue weighted by atomic mass is 9.95. The third kappa shape index (κ3) is 5.64. The number of hydrogen-bond donors (Lipinski definition) is 0. The molecule has 0 radical (unpaired) electrons. The van der Waals surface area contributed by atoms with E-state index >= 15 is 0 Å². The second-order valence-corrected chi connectivity index (χ2v) is 18.5. The number of thiophene rings is 4. The first kappa shape index (κ1) is 28.0. The van der Waals surface area contributed by atoms with E-state index in [4.69, 9.17) is 0 Å². The molecule has 0 amide bonds. The lowest BCUT2D eigenvalue weighted by molar-refractivity contribution is 0.713. The molecule has 7 rings (SSSR count). The molecule has 0 saturated carbocycles. The Labute approximate surface area is 268 Å². The van der Waals surface area contributed by atoms with E-state index in [1.165, 1.54) is 60.6 Å². The van der Waals surface area contributed by atoms with E-state index in [9.17, 15) is 0 Å². The molecule has 2 aliphatic rings. The highest BCUT2D eigenvalue weighted by molar-refractivity contribution is 8.08. The molecule has 4 atom stereocenters. The first-order chi connectivity index (χ1) is 19.8. The maximum Gasteiger partial charge on any atom is 0.0458 e. The minimum absolute atomic E-state index is 0.441. The maximum atomic E-state index is 2.56. The molecule has 208 valence electrons. The monoisotopic (exact) mass is 644 g/mol. The van der Waals surface area contributed by atoms with Crippen molar-refractivity contribution in [2.45, 2.75) is 45.1 Å². The van der Waals surface area contributed by atoms with E-state index in [0.717, 1.165) is 0 Å². The Morgan fingerprint density at radius 3 is 1.46 bits per heavy atom. The molecular weight excluding hydrogens is 613 g/mol. The Kier molecular flexibility index (Phi) is 7.76. The van der Waals surface area contributed by atoms with E-state index in [1.807, 2.05) is 45.3 Å². The highest BCUT2D eigenvalue weighted by atomic mass is 32.2. The van der Waals surface area contributed by atoms with Crippen molar-refractivity contribution in [1.82, 2.24) is 0 Å². The Hall–Kier alpha value is -1.80. The third-order valence-corrected chi connectivity index (χ3v) is 15.6. The van der Waals surface area contributed by atoms with Crippen LogP contribution >= 0.6 is 68.9 Å². The fraction of sp³-hybridized carbons (Fsp3) is 0.257. The Morgan fingerprint density at radius 2 is 0.976 bits per heavy atom. The van der Waals surface area contributed by atoms with Gasteiger partial charge < -0.3 is 0 Å². The average Bonchev–Trinajstić information content (AvgIpc) is 3.77. The van der Waals surface area contributed by atoms with Gasteiger partial charge in [-0.3, -0.25) is 0 Å². The molecule has 4 aromatic heterocycles. The zero-order chi connectivity index (χ0) is 28.2. The number of rotatable bonds is 6. The number of hydrogen-bond acceptors (Lipinski definition) is 6. The first-order valence-corrected chi connectivity index (χ1v) is 19.1. The van der Waals surface area contributed by atoms with Crippen molar-refractivity contribution in [3.05, 3.63) is 104 Å². The van der Waals surface area contributed by atoms with E-state index in [-0.39, 0.29) is 0 Å². The van der Waals surface area contributed by atoms with Gasteiger partial charge in [-0.2, -0.15) is 0 Å². The van der Waals surface area contributed by atoms with Crippen LogP contribution in [0, 0.1) is 25.7 Å². The normalized spacial score (nSPS) is 22.4.